The highest BCUT2D eigenvalue weighted by molar-refractivity contribution is 7.89. The molecule has 1 atom stereocenters. The number of rotatable bonds is 5. The highest BCUT2D eigenvalue weighted by atomic mass is 35.5. The van der Waals surface area contributed by atoms with Gasteiger partial charge in [-0.05, 0) is 55.3 Å². The van der Waals surface area contributed by atoms with Crippen LogP contribution in [0.15, 0.2) is 57.8 Å². The van der Waals surface area contributed by atoms with Crippen molar-refractivity contribution >= 4 is 45.1 Å². The number of carbonyl (C=O) groups is 1. The van der Waals surface area contributed by atoms with Gasteiger partial charge in [-0.15, -0.1) is 5.10 Å². The summed E-state index contributed by atoms with van der Waals surface area (Å²) in [5.74, 6) is -0.706. The second-order valence-corrected chi connectivity index (χ2v) is 9.88. The van der Waals surface area contributed by atoms with E-state index in [1.807, 2.05) is 0 Å². The highest BCUT2D eigenvalue weighted by Gasteiger charge is 2.33. The monoisotopic (exact) mass is 480 g/mol. The smallest absolute Gasteiger partial charge is 0.322 e. The van der Waals surface area contributed by atoms with Gasteiger partial charge in [-0.1, -0.05) is 34.4 Å². The third kappa shape index (κ3) is 4.90. The summed E-state index contributed by atoms with van der Waals surface area (Å²) in [5, 5.41) is 11.3. The molecule has 1 fully saturated rings. The number of amides is 1. The topological polar surface area (TPSA) is 105 Å². The molecule has 1 aliphatic rings. The van der Waals surface area contributed by atoms with Crippen molar-refractivity contribution in [2.24, 2.45) is 5.92 Å². The van der Waals surface area contributed by atoms with Crippen LogP contribution in [0.25, 0.3) is 11.5 Å². The van der Waals surface area contributed by atoms with Crippen LogP contribution in [-0.2, 0) is 14.8 Å². The van der Waals surface area contributed by atoms with Gasteiger partial charge in [0.15, 0.2) is 0 Å². The van der Waals surface area contributed by atoms with Gasteiger partial charge in [0, 0.05) is 28.7 Å². The quantitative estimate of drug-likeness (QED) is 0.589. The van der Waals surface area contributed by atoms with Gasteiger partial charge in [-0.2, -0.15) is 4.31 Å². The maximum absolute atomic E-state index is 12.9. The highest BCUT2D eigenvalue weighted by Crippen LogP contribution is 2.27. The average molecular weight is 481 g/mol. The van der Waals surface area contributed by atoms with Crippen molar-refractivity contribution < 1.29 is 17.6 Å². The maximum atomic E-state index is 12.9. The molecular weight excluding hydrogens is 463 g/mol. The molecule has 3 aromatic rings. The molecule has 11 heteroatoms. The molecule has 162 valence electrons. The molecule has 1 saturated heterocycles. The van der Waals surface area contributed by atoms with E-state index in [1.54, 1.807) is 24.3 Å². The van der Waals surface area contributed by atoms with Gasteiger partial charge in [0.1, 0.15) is 0 Å². The van der Waals surface area contributed by atoms with E-state index in [9.17, 15) is 13.2 Å². The van der Waals surface area contributed by atoms with E-state index in [0.717, 1.165) is 0 Å². The Bertz CT molecular complexity index is 1200. The van der Waals surface area contributed by atoms with E-state index in [0.29, 0.717) is 35.0 Å². The second-order valence-electron chi connectivity index (χ2n) is 7.07. The zero-order valence-electron chi connectivity index (χ0n) is 16.2. The van der Waals surface area contributed by atoms with E-state index < -0.39 is 15.9 Å². The van der Waals surface area contributed by atoms with Crippen molar-refractivity contribution in [3.63, 3.8) is 0 Å². The Balaban J connectivity index is 1.44. The number of anilines is 1. The standard InChI is InChI=1S/C20H18Cl2N4O4S/c21-15-6-8-17(9-7-15)31(28,29)26-10-2-4-14(12-26)18(27)23-20-25-24-19(30-20)13-3-1-5-16(22)11-13/h1,3,5-9,11,14H,2,4,10,12H2,(H,23,25,27). The van der Waals surface area contributed by atoms with Gasteiger partial charge in [0.05, 0.1) is 10.8 Å². The molecule has 4 rings (SSSR count). The zero-order valence-corrected chi connectivity index (χ0v) is 18.5. The minimum Gasteiger partial charge on any atom is -0.403 e. The van der Waals surface area contributed by atoms with Crippen molar-refractivity contribution in [2.45, 2.75) is 17.7 Å². The van der Waals surface area contributed by atoms with Crippen molar-refractivity contribution in [1.82, 2.24) is 14.5 Å². The van der Waals surface area contributed by atoms with Crippen LogP contribution in [0.4, 0.5) is 6.01 Å². The predicted molar refractivity (Wildman–Crippen MR) is 116 cm³/mol. The average Bonchev–Trinajstić information content (AvgIpc) is 3.23. The summed E-state index contributed by atoms with van der Waals surface area (Å²) >= 11 is 11.8. The SMILES string of the molecule is O=C(Nc1nnc(-c2cccc(Cl)c2)o1)C1CCCN(S(=O)(=O)c2ccc(Cl)cc2)C1. The van der Waals surface area contributed by atoms with E-state index in [-0.39, 0.29) is 29.3 Å². The number of nitrogens with zero attached hydrogens (tertiary/aromatic N) is 3. The lowest BCUT2D eigenvalue weighted by Crippen LogP contribution is -2.43. The Morgan fingerprint density at radius 2 is 1.87 bits per heavy atom. The first-order chi connectivity index (χ1) is 14.8. The fraction of sp³-hybridized carbons (Fsp3) is 0.250. The van der Waals surface area contributed by atoms with Crippen LogP contribution in [0, 0.1) is 5.92 Å². The van der Waals surface area contributed by atoms with Gasteiger partial charge < -0.3 is 4.42 Å². The minimum absolute atomic E-state index is 0.0577. The molecule has 1 N–H and O–H groups in total. The molecule has 0 aliphatic carbocycles. The number of sulfonamides is 1. The molecule has 8 nitrogen and oxygen atoms in total. The molecule has 0 bridgehead atoms. The van der Waals surface area contributed by atoms with Crippen LogP contribution < -0.4 is 5.32 Å². The van der Waals surface area contributed by atoms with Crippen molar-refractivity contribution in [3.05, 3.63) is 58.6 Å². The summed E-state index contributed by atoms with van der Waals surface area (Å²) in [7, 11) is -3.72. The number of aromatic nitrogens is 2. The lowest BCUT2D eigenvalue weighted by molar-refractivity contribution is -0.121. The number of piperidine rings is 1. The lowest BCUT2D eigenvalue weighted by atomic mass is 9.99. The summed E-state index contributed by atoms with van der Waals surface area (Å²) < 4.78 is 32.6. The van der Waals surface area contributed by atoms with Gasteiger partial charge in [0.2, 0.25) is 21.8 Å². The van der Waals surface area contributed by atoms with Crippen molar-refractivity contribution in [3.8, 4) is 11.5 Å². The second kappa shape index (κ2) is 8.96. The van der Waals surface area contributed by atoms with Gasteiger partial charge >= 0.3 is 6.01 Å². The van der Waals surface area contributed by atoms with E-state index in [2.05, 4.69) is 15.5 Å². The number of hydrogen-bond acceptors (Lipinski definition) is 6. The van der Waals surface area contributed by atoms with Gasteiger partial charge in [-0.3, -0.25) is 10.1 Å². The summed E-state index contributed by atoms with van der Waals surface area (Å²) in [4.78, 5) is 12.9. The first kappa shape index (κ1) is 21.8. The van der Waals surface area contributed by atoms with Crippen LogP contribution in [0.3, 0.4) is 0 Å². The van der Waals surface area contributed by atoms with Crippen LogP contribution in [0.1, 0.15) is 12.8 Å². The van der Waals surface area contributed by atoms with E-state index >= 15 is 0 Å². The molecule has 0 saturated carbocycles. The molecular formula is C20H18Cl2N4O4S. The Morgan fingerprint density at radius 1 is 1.10 bits per heavy atom. The molecule has 1 aliphatic heterocycles. The Labute approximate surface area is 189 Å². The predicted octanol–water partition coefficient (Wildman–Crippen LogP) is 4.08. The number of nitrogens with one attached hydrogen (secondary N) is 1. The lowest BCUT2D eigenvalue weighted by Gasteiger charge is -2.30. The van der Waals surface area contributed by atoms with Crippen LogP contribution >= 0.6 is 23.2 Å². The number of hydrogen-bond donors (Lipinski definition) is 1. The number of benzene rings is 2. The summed E-state index contributed by atoms with van der Waals surface area (Å²) in [6, 6.07) is 12.8. The Hall–Kier alpha value is -2.46. The van der Waals surface area contributed by atoms with Crippen LogP contribution in [-0.4, -0.2) is 41.9 Å². The molecule has 1 unspecified atom stereocenters. The van der Waals surface area contributed by atoms with E-state index in [4.69, 9.17) is 27.6 Å². The van der Waals surface area contributed by atoms with Crippen molar-refractivity contribution in [1.29, 1.82) is 0 Å². The third-order valence-electron chi connectivity index (χ3n) is 4.93. The Kier molecular flexibility index (Phi) is 6.29. The third-order valence-corrected chi connectivity index (χ3v) is 7.30. The summed E-state index contributed by atoms with van der Waals surface area (Å²) in [5.41, 5.74) is 0.624. The molecule has 2 heterocycles. The van der Waals surface area contributed by atoms with Crippen LogP contribution in [0.5, 0.6) is 0 Å². The first-order valence-electron chi connectivity index (χ1n) is 9.49. The summed E-state index contributed by atoms with van der Waals surface area (Å²) in [6.45, 7) is 0.403. The minimum atomic E-state index is -3.72. The molecule has 2 aromatic carbocycles. The molecule has 1 amide bonds. The Morgan fingerprint density at radius 3 is 2.61 bits per heavy atom. The maximum Gasteiger partial charge on any atom is 0.322 e. The first-order valence-corrected chi connectivity index (χ1v) is 11.7. The largest absolute Gasteiger partial charge is 0.403 e. The van der Waals surface area contributed by atoms with E-state index in [1.165, 1.54) is 28.6 Å². The summed E-state index contributed by atoms with van der Waals surface area (Å²) in [6.07, 6.45) is 1.11. The fourth-order valence-corrected chi connectivity index (χ4v) is 5.19. The number of carbonyl (C=O) groups excluding carboxylic acids is 1. The number of halogens is 2. The van der Waals surface area contributed by atoms with Gasteiger partial charge in [-0.25, -0.2) is 8.42 Å². The molecule has 1 aromatic heterocycles. The zero-order chi connectivity index (χ0) is 22.0. The normalized spacial score (nSPS) is 17.4. The van der Waals surface area contributed by atoms with Crippen LogP contribution in [0.2, 0.25) is 10.0 Å². The fourth-order valence-electron chi connectivity index (χ4n) is 3.35. The molecule has 31 heavy (non-hydrogen) atoms. The molecule has 0 spiro atoms. The van der Waals surface area contributed by atoms with Gasteiger partial charge in [0.25, 0.3) is 0 Å². The van der Waals surface area contributed by atoms with Crippen molar-refractivity contribution in [2.75, 3.05) is 18.4 Å². The molecule has 0 radical (unpaired) electrons.